The lowest BCUT2D eigenvalue weighted by molar-refractivity contribution is -0.154. The van der Waals surface area contributed by atoms with Crippen LogP contribution in [0.4, 0.5) is 13.2 Å². The predicted octanol–water partition coefficient (Wildman–Crippen LogP) is 3.63. The van der Waals surface area contributed by atoms with Gasteiger partial charge in [0.15, 0.2) is 12.6 Å². The molecule has 0 aromatic carbocycles. The summed E-state index contributed by atoms with van der Waals surface area (Å²) < 4.78 is 41.3. The van der Waals surface area contributed by atoms with Crippen molar-refractivity contribution in [1.82, 2.24) is 15.6 Å². The number of hydrogen-bond donors (Lipinski definition) is 2. The lowest BCUT2D eigenvalue weighted by Crippen LogP contribution is -2.39. The molecule has 0 amide bonds. The molecule has 2 aromatic heterocycles. The first-order chi connectivity index (χ1) is 12.9. The van der Waals surface area contributed by atoms with Crippen LogP contribution in [0, 0.1) is 5.92 Å². The van der Waals surface area contributed by atoms with E-state index in [-0.39, 0.29) is 5.88 Å². The van der Waals surface area contributed by atoms with Gasteiger partial charge in [0.2, 0.25) is 5.88 Å². The largest absolute Gasteiger partial charge is 0.468 e. The zero-order valence-corrected chi connectivity index (χ0v) is 16.0. The molecule has 1 atom stereocenters. The van der Waals surface area contributed by atoms with Gasteiger partial charge in [-0.1, -0.05) is 13.0 Å². The average Bonchev–Trinajstić information content (AvgIpc) is 3.13. The fraction of sp³-hybridized carbons (Fsp3) is 0.444. The van der Waals surface area contributed by atoms with Crippen LogP contribution in [0.1, 0.15) is 17.4 Å². The van der Waals surface area contributed by atoms with E-state index in [0.717, 1.165) is 18.5 Å². The number of rotatable bonds is 8. The minimum Gasteiger partial charge on any atom is -0.468 e. The van der Waals surface area contributed by atoms with Crippen molar-refractivity contribution in [3.8, 4) is 5.88 Å². The van der Waals surface area contributed by atoms with E-state index in [9.17, 15) is 13.2 Å². The van der Waals surface area contributed by atoms with Crippen molar-refractivity contribution in [2.45, 2.75) is 26.1 Å². The van der Waals surface area contributed by atoms with Gasteiger partial charge in [-0.2, -0.15) is 13.2 Å². The molecule has 2 aromatic rings. The Morgan fingerprint density at radius 3 is 2.81 bits per heavy atom. The van der Waals surface area contributed by atoms with Crippen LogP contribution in [0.5, 0.6) is 5.88 Å². The van der Waals surface area contributed by atoms with Crippen molar-refractivity contribution in [1.29, 1.82) is 0 Å². The molecule has 2 N–H and O–H groups in total. The zero-order valence-electron chi connectivity index (χ0n) is 15.2. The van der Waals surface area contributed by atoms with E-state index in [2.05, 4.69) is 43.7 Å². The first-order valence-corrected chi connectivity index (χ1v) is 9.35. The second-order valence-corrected chi connectivity index (χ2v) is 7.13. The maximum Gasteiger partial charge on any atom is 0.422 e. The van der Waals surface area contributed by atoms with Gasteiger partial charge in [0.25, 0.3) is 0 Å². The molecule has 1 unspecified atom stereocenters. The lowest BCUT2D eigenvalue weighted by atomic mass is 10.1. The second kappa shape index (κ2) is 10.1. The van der Waals surface area contributed by atoms with Crippen LogP contribution in [-0.2, 0) is 13.0 Å². The van der Waals surface area contributed by atoms with Gasteiger partial charge >= 0.3 is 6.18 Å². The van der Waals surface area contributed by atoms with Crippen molar-refractivity contribution in [3.63, 3.8) is 0 Å². The molecule has 9 heteroatoms. The van der Waals surface area contributed by atoms with Crippen LogP contribution in [0.3, 0.4) is 0 Å². The summed E-state index contributed by atoms with van der Waals surface area (Å²) in [6.45, 7) is 1.95. The van der Waals surface area contributed by atoms with Gasteiger partial charge in [-0.15, -0.1) is 11.3 Å². The first kappa shape index (κ1) is 21.0. The summed E-state index contributed by atoms with van der Waals surface area (Å²) in [6.07, 6.45) is -1.98. The topological polar surface area (TPSA) is 58.5 Å². The highest BCUT2D eigenvalue weighted by Gasteiger charge is 2.28. The number of ether oxygens (including phenoxy) is 1. The van der Waals surface area contributed by atoms with Gasteiger partial charge in [-0.05, 0) is 35.4 Å². The maximum atomic E-state index is 12.2. The highest BCUT2D eigenvalue weighted by Crippen LogP contribution is 2.17. The van der Waals surface area contributed by atoms with E-state index in [1.54, 1.807) is 24.5 Å². The van der Waals surface area contributed by atoms with Crippen molar-refractivity contribution in [2.75, 3.05) is 20.2 Å². The Labute approximate surface area is 160 Å². The Kier molecular flexibility index (Phi) is 7.90. The Bertz CT molecular complexity index is 720. The molecule has 0 spiro atoms. The molecule has 2 rings (SSSR count). The van der Waals surface area contributed by atoms with E-state index >= 15 is 0 Å². The molecule has 0 saturated carbocycles. The number of guanidine groups is 1. The number of aromatic nitrogens is 1. The number of aliphatic imine (C=N–C) groups is 1. The monoisotopic (exact) mass is 400 g/mol. The fourth-order valence-electron chi connectivity index (χ4n) is 2.32. The summed E-state index contributed by atoms with van der Waals surface area (Å²) >= 11 is 1.74. The quantitative estimate of drug-likeness (QED) is 0.525. The van der Waals surface area contributed by atoms with Crippen LogP contribution in [0.15, 0.2) is 40.8 Å². The second-order valence-electron chi connectivity index (χ2n) is 6.10. The predicted molar refractivity (Wildman–Crippen MR) is 101 cm³/mol. The van der Waals surface area contributed by atoms with Crippen LogP contribution in [0.2, 0.25) is 0 Å². The van der Waals surface area contributed by atoms with Gasteiger partial charge in [0.1, 0.15) is 0 Å². The highest BCUT2D eigenvalue weighted by atomic mass is 32.1. The average molecular weight is 400 g/mol. The minimum absolute atomic E-state index is 0.0564. The molecule has 27 heavy (non-hydrogen) atoms. The van der Waals surface area contributed by atoms with Crippen molar-refractivity contribution < 1.29 is 17.9 Å². The third kappa shape index (κ3) is 8.29. The Morgan fingerprint density at radius 1 is 1.33 bits per heavy atom. The SMILES string of the molecule is CN=C(NCc1ccnc(OCC(F)(F)F)c1)NCC(C)Cc1cccs1. The van der Waals surface area contributed by atoms with Crippen LogP contribution in [-0.4, -0.2) is 37.3 Å². The molecule has 0 aliphatic heterocycles. The van der Waals surface area contributed by atoms with Gasteiger partial charge in [0, 0.05) is 37.3 Å². The normalized spacial score (nSPS) is 13.3. The summed E-state index contributed by atoms with van der Waals surface area (Å²) in [6, 6.07) is 7.35. The molecule has 2 heterocycles. The Morgan fingerprint density at radius 2 is 2.15 bits per heavy atom. The summed E-state index contributed by atoms with van der Waals surface area (Å²) in [4.78, 5) is 9.30. The number of thiophene rings is 1. The summed E-state index contributed by atoms with van der Waals surface area (Å²) in [7, 11) is 1.67. The van der Waals surface area contributed by atoms with Gasteiger partial charge in [-0.25, -0.2) is 4.98 Å². The molecule has 0 radical (unpaired) electrons. The van der Waals surface area contributed by atoms with Crippen molar-refractivity contribution in [2.24, 2.45) is 10.9 Å². The smallest absolute Gasteiger partial charge is 0.422 e. The molecule has 0 fully saturated rings. The molecule has 0 bridgehead atoms. The third-order valence-corrected chi connectivity index (χ3v) is 4.51. The molecule has 5 nitrogen and oxygen atoms in total. The van der Waals surface area contributed by atoms with Gasteiger partial charge in [-0.3, -0.25) is 4.99 Å². The van der Waals surface area contributed by atoms with Gasteiger partial charge in [0.05, 0.1) is 0 Å². The molecular weight excluding hydrogens is 377 g/mol. The zero-order chi connectivity index (χ0) is 19.7. The Balaban J connectivity index is 1.78. The first-order valence-electron chi connectivity index (χ1n) is 8.47. The summed E-state index contributed by atoms with van der Waals surface area (Å²) in [5.41, 5.74) is 0.747. The number of pyridine rings is 1. The number of alkyl halides is 3. The maximum absolute atomic E-state index is 12.2. The summed E-state index contributed by atoms with van der Waals surface area (Å²) in [5, 5.41) is 8.46. The van der Waals surface area contributed by atoms with Gasteiger partial charge < -0.3 is 15.4 Å². The number of halogens is 3. The molecule has 0 aliphatic carbocycles. The lowest BCUT2D eigenvalue weighted by Gasteiger charge is -2.16. The fourth-order valence-corrected chi connectivity index (χ4v) is 3.19. The van der Waals surface area contributed by atoms with E-state index in [1.807, 2.05) is 6.07 Å². The molecule has 0 saturated heterocycles. The summed E-state index contributed by atoms with van der Waals surface area (Å²) in [5.74, 6) is 1.01. The third-order valence-electron chi connectivity index (χ3n) is 3.61. The highest BCUT2D eigenvalue weighted by molar-refractivity contribution is 7.09. The number of nitrogens with one attached hydrogen (secondary N) is 2. The standard InChI is InChI=1S/C18H23F3N4OS/c1-13(8-15-4-3-7-27-15)10-24-17(22-2)25-11-14-5-6-23-16(9-14)26-12-18(19,20)21/h3-7,9,13H,8,10-12H2,1-2H3,(H2,22,24,25). The van der Waals surface area contributed by atoms with Crippen molar-refractivity contribution >= 4 is 17.3 Å². The number of hydrogen-bond acceptors (Lipinski definition) is 4. The molecular formula is C18H23F3N4OS. The van der Waals surface area contributed by atoms with E-state index in [4.69, 9.17) is 0 Å². The minimum atomic E-state index is -4.39. The van der Waals surface area contributed by atoms with Crippen LogP contribution in [0.25, 0.3) is 0 Å². The molecule has 148 valence electrons. The number of nitrogens with zero attached hydrogens (tertiary/aromatic N) is 2. The van der Waals surface area contributed by atoms with Crippen LogP contribution >= 0.6 is 11.3 Å². The molecule has 0 aliphatic rings. The van der Waals surface area contributed by atoms with Crippen LogP contribution < -0.4 is 15.4 Å². The van der Waals surface area contributed by atoms with Crippen molar-refractivity contribution in [3.05, 3.63) is 46.3 Å². The van der Waals surface area contributed by atoms with E-state index < -0.39 is 12.8 Å². The Hall–Kier alpha value is -2.29. The van der Waals surface area contributed by atoms with E-state index in [1.165, 1.54) is 17.1 Å². The van der Waals surface area contributed by atoms with E-state index in [0.29, 0.717) is 18.4 Å².